The summed E-state index contributed by atoms with van der Waals surface area (Å²) in [5.74, 6) is -0.380. The molecule has 0 aromatic rings. The first-order valence-corrected chi connectivity index (χ1v) is 5.57. The van der Waals surface area contributed by atoms with E-state index in [4.69, 9.17) is 20.4 Å². The number of rotatable bonds is 4. The first-order chi connectivity index (χ1) is 7.96. The van der Waals surface area contributed by atoms with Crippen molar-refractivity contribution in [1.82, 2.24) is 0 Å². The molecule has 0 aliphatic carbocycles. The van der Waals surface area contributed by atoms with E-state index in [2.05, 4.69) is 0 Å². The molecule has 0 saturated carbocycles. The Kier molecular flexibility index (Phi) is 15.7. The molecule has 0 radical (unpaired) electrons. The summed E-state index contributed by atoms with van der Waals surface area (Å²) in [6.07, 6.45) is 0.0301. The second-order valence-corrected chi connectivity index (χ2v) is 4.59. The van der Waals surface area contributed by atoms with E-state index in [1.807, 2.05) is 0 Å². The molecular formula is C12H26O6. The van der Waals surface area contributed by atoms with Crippen LogP contribution in [0.25, 0.3) is 0 Å². The number of Topliss-reactive ketones (excluding diaryl/α,β-unsaturated/α-hetero) is 2. The quantitative estimate of drug-likeness (QED) is 0.553. The van der Waals surface area contributed by atoms with Crippen LogP contribution >= 0.6 is 0 Å². The zero-order valence-corrected chi connectivity index (χ0v) is 11.8. The molecule has 6 heteroatoms. The van der Waals surface area contributed by atoms with E-state index in [0.717, 1.165) is 0 Å². The van der Waals surface area contributed by atoms with Crippen LogP contribution < -0.4 is 0 Å². The minimum Gasteiger partial charge on any atom is -0.393 e. The Balaban J connectivity index is -0.000000197. The SMILES string of the molecule is CC(=O)CO.CC(=O)CO.CC(O)CC(C)(C)O. The maximum absolute atomic E-state index is 9.56. The predicted molar refractivity (Wildman–Crippen MR) is 68.1 cm³/mol. The number of hydrogen-bond acceptors (Lipinski definition) is 6. The molecular weight excluding hydrogens is 240 g/mol. The molecule has 110 valence electrons. The third-order valence-corrected chi connectivity index (χ3v) is 1.24. The molecule has 18 heavy (non-hydrogen) atoms. The normalized spacial score (nSPS) is 11.4. The number of hydrogen-bond donors (Lipinski definition) is 4. The maximum Gasteiger partial charge on any atom is 0.155 e. The van der Waals surface area contributed by atoms with Crippen LogP contribution in [0.15, 0.2) is 0 Å². The summed E-state index contributed by atoms with van der Waals surface area (Å²) >= 11 is 0. The standard InChI is InChI=1S/C6H14O2.2C3H6O2/c1-5(7)4-6(2,3)8;2*1-3(5)2-4/h5,7-8H,4H2,1-3H3;2*4H,2H2,1H3. The van der Waals surface area contributed by atoms with Crippen molar-refractivity contribution in [2.24, 2.45) is 0 Å². The van der Waals surface area contributed by atoms with Crippen molar-refractivity contribution >= 4 is 11.6 Å². The lowest BCUT2D eigenvalue weighted by atomic mass is 10.0. The Morgan fingerprint density at radius 2 is 1.28 bits per heavy atom. The summed E-state index contributed by atoms with van der Waals surface area (Å²) in [5.41, 5.74) is -0.728. The van der Waals surface area contributed by atoms with E-state index in [0.29, 0.717) is 6.42 Å². The Bertz CT molecular complexity index is 203. The van der Waals surface area contributed by atoms with Crippen molar-refractivity contribution in [2.75, 3.05) is 13.2 Å². The van der Waals surface area contributed by atoms with Gasteiger partial charge in [-0.05, 0) is 34.6 Å². The fourth-order valence-electron chi connectivity index (χ4n) is 0.723. The predicted octanol–water partition coefficient (Wildman–Crippen LogP) is -0.336. The number of aliphatic hydroxyl groups excluding tert-OH is 3. The van der Waals surface area contributed by atoms with Gasteiger partial charge in [0.2, 0.25) is 0 Å². The lowest BCUT2D eigenvalue weighted by molar-refractivity contribution is -0.120. The van der Waals surface area contributed by atoms with E-state index in [-0.39, 0.29) is 24.8 Å². The van der Waals surface area contributed by atoms with E-state index >= 15 is 0 Å². The highest BCUT2D eigenvalue weighted by Gasteiger charge is 2.14. The zero-order valence-electron chi connectivity index (χ0n) is 11.8. The van der Waals surface area contributed by atoms with Gasteiger partial charge in [-0.25, -0.2) is 0 Å². The lowest BCUT2D eigenvalue weighted by Gasteiger charge is -2.17. The maximum atomic E-state index is 9.56. The summed E-state index contributed by atoms with van der Waals surface area (Å²) in [6.45, 7) is 7.03. The van der Waals surface area contributed by atoms with Gasteiger partial charge in [0.1, 0.15) is 13.2 Å². The number of aliphatic hydroxyl groups is 4. The van der Waals surface area contributed by atoms with Crippen LogP contribution in [0.4, 0.5) is 0 Å². The fourth-order valence-corrected chi connectivity index (χ4v) is 0.723. The van der Waals surface area contributed by atoms with Crippen LogP contribution in [0, 0.1) is 0 Å². The smallest absolute Gasteiger partial charge is 0.155 e. The second kappa shape index (κ2) is 12.6. The Morgan fingerprint density at radius 3 is 1.28 bits per heavy atom. The van der Waals surface area contributed by atoms with Crippen LogP contribution in [0.5, 0.6) is 0 Å². The first kappa shape index (κ1) is 22.4. The molecule has 1 atom stereocenters. The van der Waals surface area contributed by atoms with Gasteiger partial charge >= 0.3 is 0 Å². The zero-order chi connectivity index (χ0) is 15.4. The Labute approximate surface area is 108 Å². The third-order valence-electron chi connectivity index (χ3n) is 1.24. The molecule has 0 saturated heterocycles. The average Bonchev–Trinajstić information content (AvgIpc) is 2.15. The van der Waals surface area contributed by atoms with Crippen molar-refractivity contribution < 1.29 is 30.0 Å². The molecule has 0 amide bonds. The van der Waals surface area contributed by atoms with Crippen LogP contribution in [0.3, 0.4) is 0 Å². The third kappa shape index (κ3) is 45.6. The first-order valence-electron chi connectivity index (χ1n) is 5.57. The number of carbonyl (C=O) groups excluding carboxylic acids is 2. The van der Waals surface area contributed by atoms with Gasteiger partial charge in [0.05, 0.1) is 11.7 Å². The van der Waals surface area contributed by atoms with Crippen molar-refractivity contribution in [2.45, 2.75) is 52.7 Å². The van der Waals surface area contributed by atoms with Crippen LogP contribution in [0.1, 0.15) is 41.0 Å². The summed E-state index contributed by atoms with van der Waals surface area (Å²) in [4.78, 5) is 19.1. The molecule has 0 aromatic heterocycles. The van der Waals surface area contributed by atoms with Crippen molar-refractivity contribution in [3.8, 4) is 0 Å². The van der Waals surface area contributed by atoms with Crippen molar-refractivity contribution in [1.29, 1.82) is 0 Å². The van der Waals surface area contributed by atoms with Gasteiger partial charge in [-0.1, -0.05) is 0 Å². The minimum atomic E-state index is -0.728. The Morgan fingerprint density at radius 1 is 1.06 bits per heavy atom. The van der Waals surface area contributed by atoms with Gasteiger partial charge in [-0.3, -0.25) is 9.59 Å². The largest absolute Gasteiger partial charge is 0.393 e. The molecule has 0 spiro atoms. The van der Waals surface area contributed by atoms with Gasteiger partial charge in [0.15, 0.2) is 11.6 Å². The summed E-state index contributed by atoms with van der Waals surface area (Å²) in [6, 6.07) is 0. The van der Waals surface area contributed by atoms with Crippen molar-refractivity contribution in [3.63, 3.8) is 0 Å². The van der Waals surface area contributed by atoms with E-state index < -0.39 is 11.7 Å². The van der Waals surface area contributed by atoms with Crippen LogP contribution in [-0.2, 0) is 9.59 Å². The Hall–Kier alpha value is -0.820. The summed E-state index contributed by atoms with van der Waals surface area (Å²) < 4.78 is 0. The highest BCUT2D eigenvalue weighted by atomic mass is 16.3. The van der Waals surface area contributed by atoms with E-state index in [1.165, 1.54) is 13.8 Å². The van der Waals surface area contributed by atoms with Crippen molar-refractivity contribution in [3.05, 3.63) is 0 Å². The van der Waals surface area contributed by atoms with E-state index in [1.54, 1.807) is 20.8 Å². The monoisotopic (exact) mass is 266 g/mol. The van der Waals surface area contributed by atoms with Gasteiger partial charge in [0, 0.05) is 6.42 Å². The molecule has 0 aliphatic rings. The summed E-state index contributed by atoms with van der Waals surface area (Å²) in [7, 11) is 0. The average molecular weight is 266 g/mol. The van der Waals surface area contributed by atoms with Gasteiger partial charge in [-0.15, -0.1) is 0 Å². The molecule has 1 unspecified atom stereocenters. The number of carbonyl (C=O) groups is 2. The lowest BCUT2D eigenvalue weighted by Crippen LogP contribution is -2.24. The molecule has 0 aromatic carbocycles. The number of ketones is 2. The summed E-state index contributed by atoms with van der Waals surface area (Å²) in [5, 5.41) is 33.3. The topological polar surface area (TPSA) is 115 Å². The molecule has 0 aliphatic heterocycles. The molecule has 0 bridgehead atoms. The van der Waals surface area contributed by atoms with Crippen LogP contribution in [-0.4, -0.2) is 56.9 Å². The molecule has 6 nitrogen and oxygen atoms in total. The molecule has 0 heterocycles. The fraction of sp³-hybridized carbons (Fsp3) is 0.833. The molecule has 0 fully saturated rings. The highest BCUT2D eigenvalue weighted by Crippen LogP contribution is 2.09. The van der Waals surface area contributed by atoms with Gasteiger partial charge in [0.25, 0.3) is 0 Å². The molecule has 0 rings (SSSR count). The molecule has 4 N–H and O–H groups in total. The minimum absolute atomic E-state index is 0.190. The van der Waals surface area contributed by atoms with Gasteiger partial charge in [-0.2, -0.15) is 0 Å². The van der Waals surface area contributed by atoms with E-state index in [9.17, 15) is 9.59 Å². The van der Waals surface area contributed by atoms with Crippen LogP contribution in [0.2, 0.25) is 0 Å². The highest BCUT2D eigenvalue weighted by molar-refractivity contribution is 5.76. The second-order valence-electron chi connectivity index (χ2n) is 4.59. The van der Waals surface area contributed by atoms with Gasteiger partial charge < -0.3 is 20.4 Å².